The number of ether oxygens (including phenoxy) is 1. The Bertz CT molecular complexity index is 480. The van der Waals surface area contributed by atoms with Crippen molar-refractivity contribution in [3.8, 4) is 5.75 Å². The fraction of sp³-hybridized carbons (Fsp3) is 0.647. The minimum atomic E-state index is -0.175. The van der Waals surface area contributed by atoms with Crippen molar-refractivity contribution in [2.45, 2.75) is 64.1 Å². The summed E-state index contributed by atoms with van der Waals surface area (Å²) in [7, 11) is 0. The van der Waals surface area contributed by atoms with Crippen LogP contribution in [0, 0.1) is 5.41 Å². The first-order chi connectivity index (χ1) is 9.65. The molecular formula is C17H23ClO2. The molecular weight excluding hydrogens is 272 g/mol. The fourth-order valence-corrected chi connectivity index (χ4v) is 4.07. The van der Waals surface area contributed by atoms with Crippen molar-refractivity contribution < 1.29 is 9.84 Å². The third-order valence-electron chi connectivity index (χ3n) is 5.20. The van der Waals surface area contributed by atoms with Gasteiger partial charge in [0.05, 0.1) is 6.10 Å². The molecule has 0 bridgehead atoms. The van der Waals surface area contributed by atoms with Crippen molar-refractivity contribution in [2.75, 3.05) is 0 Å². The first kappa shape index (κ1) is 14.2. The number of hydrogen-bond acceptors (Lipinski definition) is 2. The van der Waals surface area contributed by atoms with Gasteiger partial charge in [0.1, 0.15) is 11.9 Å². The third kappa shape index (κ3) is 2.33. The van der Waals surface area contributed by atoms with E-state index in [-0.39, 0.29) is 17.6 Å². The fourth-order valence-electron chi connectivity index (χ4n) is 3.82. The molecule has 2 nitrogen and oxygen atoms in total. The first-order valence-corrected chi connectivity index (χ1v) is 8.16. The van der Waals surface area contributed by atoms with Gasteiger partial charge in [-0.05, 0) is 43.0 Å². The minimum Gasteiger partial charge on any atom is -0.490 e. The first-order valence-electron chi connectivity index (χ1n) is 7.79. The van der Waals surface area contributed by atoms with Gasteiger partial charge in [-0.2, -0.15) is 0 Å². The zero-order valence-corrected chi connectivity index (χ0v) is 12.8. The van der Waals surface area contributed by atoms with Gasteiger partial charge in [-0.3, -0.25) is 0 Å². The quantitative estimate of drug-likeness (QED) is 0.897. The number of aryl methyl sites for hydroxylation is 1. The Morgan fingerprint density at radius 3 is 2.70 bits per heavy atom. The average Bonchev–Trinajstić information content (AvgIpc) is 2.49. The lowest BCUT2D eigenvalue weighted by molar-refractivity contribution is -0.172. The molecule has 1 aromatic carbocycles. The zero-order valence-electron chi connectivity index (χ0n) is 12.1. The molecule has 0 aliphatic heterocycles. The van der Waals surface area contributed by atoms with Crippen molar-refractivity contribution in [3.05, 3.63) is 28.8 Å². The van der Waals surface area contributed by atoms with Crippen molar-refractivity contribution >= 4 is 11.6 Å². The molecule has 2 fully saturated rings. The van der Waals surface area contributed by atoms with Crippen LogP contribution in [-0.4, -0.2) is 17.3 Å². The van der Waals surface area contributed by atoms with E-state index in [1.165, 1.54) is 19.3 Å². The molecule has 1 spiro atoms. The lowest BCUT2D eigenvalue weighted by Gasteiger charge is -2.55. The summed E-state index contributed by atoms with van der Waals surface area (Å²) in [5.41, 5.74) is 1.14. The van der Waals surface area contributed by atoms with Crippen LogP contribution < -0.4 is 4.74 Å². The Kier molecular flexibility index (Phi) is 3.96. The van der Waals surface area contributed by atoms with Gasteiger partial charge in [0, 0.05) is 16.9 Å². The molecule has 3 rings (SSSR count). The molecule has 110 valence electrons. The smallest absolute Gasteiger partial charge is 0.120 e. The van der Waals surface area contributed by atoms with E-state index in [0.29, 0.717) is 0 Å². The Labute approximate surface area is 126 Å². The molecule has 2 aliphatic carbocycles. The van der Waals surface area contributed by atoms with Crippen molar-refractivity contribution in [1.29, 1.82) is 0 Å². The maximum Gasteiger partial charge on any atom is 0.120 e. The van der Waals surface area contributed by atoms with E-state index >= 15 is 0 Å². The van der Waals surface area contributed by atoms with Gasteiger partial charge in [0.15, 0.2) is 0 Å². The third-order valence-corrected chi connectivity index (χ3v) is 5.57. The number of benzene rings is 1. The van der Waals surface area contributed by atoms with Gasteiger partial charge in [0.2, 0.25) is 0 Å². The largest absolute Gasteiger partial charge is 0.490 e. The van der Waals surface area contributed by atoms with E-state index in [0.717, 1.165) is 42.0 Å². The number of hydrogen-bond donors (Lipinski definition) is 1. The highest BCUT2D eigenvalue weighted by Crippen LogP contribution is 2.53. The molecule has 2 aliphatic rings. The minimum absolute atomic E-state index is 0.0181. The molecule has 2 atom stereocenters. The summed E-state index contributed by atoms with van der Waals surface area (Å²) in [6, 6.07) is 5.91. The Balaban J connectivity index is 1.74. The van der Waals surface area contributed by atoms with Crippen LogP contribution in [0.3, 0.4) is 0 Å². The Hall–Kier alpha value is -0.730. The zero-order chi connectivity index (χ0) is 14.2. The molecule has 0 amide bonds. The van der Waals surface area contributed by atoms with Gasteiger partial charge in [-0.25, -0.2) is 0 Å². The molecule has 1 N–H and O–H groups in total. The molecule has 0 heterocycles. The van der Waals surface area contributed by atoms with Crippen LogP contribution in [-0.2, 0) is 6.42 Å². The lowest BCUT2D eigenvalue weighted by atomic mass is 9.56. The Morgan fingerprint density at radius 2 is 2.05 bits per heavy atom. The summed E-state index contributed by atoms with van der Waals surface area (Å²) >= 11 is 6.15. The molecule has 2 unspecified atom stereocenters. The van der Waals surface area contributed by atoms with Crippen LogP contribution in [0.5, 0.6) is 5.75 Å². The second-order valence-corrected chi connectivity index (χ2v) is 6.67. The average molecular weight is 295 g/mol. The highest BCUT2D eigenvalue weighted by Gasteiger charge is 2.56. The van der Waals surface area contributed by atoms with Gasteiger partial charge in [-0.1, -0.05) is 37.8 Å². The summed E-state index contributed by atoms with van der Waals surface area (Å²) in [5.74, 6) is 0.896. The van der Waals surface area contributed by atoms with Crippen LogP contribution >= 0.6 is 11.6 Å². The van der Waals surface area contributed by atoms with Gasteiger partial charge >= 0.3 is 0 Å². The standard InChI is InChI=1S/C17H23ClO2/c1-2-12-10-13(6-7-14(12)18)20-16-11-15(19)17(16)8-4-3-5-9-17/h6-7,10,15-16,19H,2-5,8-9,11H2,1H3. The van der Waals surface area contributed by atoms with E-state index < -0.39 is 0 Å². The second-order valence-electron chi connectivity index (χ2n) is 6.26. The summed E-state index contributed by atoms with van der Waals surface area (Å²) in [6.45, 7) is 2.10. The van der Waals surface area contributed by atoms with E-state index in [1.54, 1.807) is 0 Å². The Morgan fingerprint density at radius 1 is 1.30 bits per heavy atom. The molecule has 20 heavy (non-hydrogen) atoms. The lowest BCUT2D eigenvalue weighted by Crippen LogP contribution is -2.60. The van der Waals surface area contributed by atoms with Crippen molar-refractivity contribution in [3.63, 3.8) is 0 Å². The number of rotatable bonds is 3. The van der Waals surface area contributed by atoms with Crippen LogP contribution in [0.2, 0.25) is 5.02 Å². The molecule has 2 saturated carbocycles. The van der Waals surface area contributed by atoms with E-state index in [4.69, 9.17) is 16.3 Å². The second kappa shape index (κ2) is 5.57. The molecule has 0 aromatic heterocycles. The van der Waals surface area contributed by atoms with Crippen LogP contribution in [0.15, 0.2) is 18.2 Å². The van der Waals surface area contributed by atoms with E-state index in [1.807, 2.05) is 18.2 Å². The SMILES string of the molecule is CCc1cc(OC2CC(O)C23CCCCC3)ccc1Cl. The predicted octanol–water partition coefficient (Wildman–Crippen LogP) is 4.36. The highest BCUT2D eigenvalue weighted by atomic mass is 35.5. The van der Waals surface area contributed by atoms with Crippen LogP contribution in [0.4, 0.5) is 0 Å². The maximum atomic E-state index is 10.2. The number of halogens is 1. The van der Waals surface area contributed by atoms with E-state index in [2.05, 4.69) is 6.92 Å². The van der Waals surface area contributed by atoms with Crippen LogP contribution in [0.25, 0.3) is 0 Å². The predicted molar refractivity (Wildman–Crippen MR) is 81.4 cm³/mol. The molecule has 0 radical (unpaired) electrons. The number of aliphatic hydroxyl groups is 1. The summed E-state index contributed by atoms with van der Waals surface area (Å²) < 4.78 is 6.19. The van der Waals surface area contributed by atoms with E-state index in [9.17, 15) is 5.11 Å². The monoisotopic (exact) mass is 294 g/mol. The van der Waals surface area contributed by atoms with Gasteiger partial charge in [-0.15, -0.1) is 0 Å². The molecule has 3 heteroatoms. The van der Waals surface area contributed by atoms with Gasteiger partial charge in [0.25, 0.3) is 0 Å². The maximum absolute atomic E-state index is 10.2. The van der Waals surface area contributed by atoms with Crippen LogP contribution in [0.1, 0.15) is 51.0 Å². The summed E-state index contributed by atoms with van der Waals surface area (Å²) in [4.78, 5) is 0. The summed E-state index contributed by atoms with van der Waals surface area (Å²) in [5, 5.41) is 11.0. The van der Waals surface area contributed by atoms with Crippen molar-refractivity contribution in [2.24, 2.45) is 5.41 Å². The number of aliphatic hydroxyl groups excluding tert-OH is 1. The van der Waals surface area contributed by atoms with Crippen molar-refractivity contribution in [1.82, 2.24) is 0 Å². The normalized spacial score (nSPS) is 28.1. The van der Waals surface area contributed by atoms with Gasteiger partial charge < -0.3 is 9.84 Å². The molecule has 0 saturated heterocycles. The summed E-state index contributed by atoms with van der Waals surface area (Å²) in [6.07, 6.45) is 7.62. The molecule has 1 aromatic rings. The highest BCUT2D eigenvalue weighted by molar-refractivity contribution is 6.31. The topological polar surface area (TPSA) is 29.5 Å².